The number of para-hydroxylation sites is 1. The van der Waals surface area contributed by atoms with Crippen LogP contribution in [0.15, 0.2) is 78.3 Å². The molecule has 0 saturated carbocycles. The van der Waals surface area contributed by atoms with Gasteiger partial charge in [-0.25, -0.2) is 4.98 Å². The zero-order chi connectivity index (χ0) is 22.8. The number of rotatable bonds is 6. The number of pyridine rings is 1. The molecular formula is C26H20ClN3O2S. The van der Waals surface area contributed by atoms with Crippen LogP contribution < -0.4 is 14.8 Å². The van der Waals surface area contributed by atoms with Crippen LogP contribution >= 0.6 is 22.9 Å². The SMILES string of the molecule is COc1ccc(Nc2c(-c3nc(-c4ccc(Cl)cc4)cs3)cnc3ccccc23)cc1OC. The highest BCUT2D eigenvalue weighted by atomic mass is 35.5. The first kappa shape index (κ1) is 21.2. The number of nitrogens with zero attached hydrogens (tertiary/aromatic N) is 2. The van der Waals surface area contributed by atoms with Gasteiger partial charge in [0.2, 0.25) is 0 Å². The minimum atomic E-state index is 0.654. The third kappa shape index (κ3) is 4.23. The Hall–Kier alpha value is -3.61. The number of fused-ring (bicyclic) bond motifs is 1. The molecular weight excluding hydrogens is 454 g/mol. The van der Waals surface area contributed by atoms with Gasteiger partial charge in [-0.1, -0.05) is 41.9 Å². The maximum Gasteiger partial charge on any atom is 0.162 e. The summed E-state index contributed by atoms with van der Waals surface area (Å²) in [6, 6.07) is 21.5. The van der Waals surface area contributed by atoms with Crippen molar-refractivity contribution in [3.63, 3.8) is 0 Å². The zero-order valence-electron chi connectivity index (χ0n) is 18.0. The molecule has 5 rings (SSSR count). The fraction of sp³-hybridized carbons (Fsp3) is 0.0769. The van der Waals surface area contributed by atoms with Gasteiger partial charge in [0.05, 0.1) is 36.7 Å². The van der Waals surface area contributed by atoms with E-state index in [9.17, 15) is 0 Å². The van der Waals surface area contributed by atoms with Crippen LogP contribution in [0.2, 0.25) is 5.02 Å². The maximum absolute atomic E-state index is 6.04. The van der Waals surface area contributed by atoms with Crippen LogP contribution in [0.5, 0.6) is 11.5 Å². The first-order valence-corrected chi connectivity index (χ1v) is 11.5. The molecule has 0 fully saturated rings. The molecule has 3 aromatic carbocycles. The molecule has 0 aliphatic carbocycles. The van der Waals surface area contributed by atoms with E-state index in [2.05, 4.69) is 16.4 Å². The lowest BCUT2D eigenvalue weighted by Gasteiger charge is -2.15. The van der Waals surface area contributed by atoms with Gasteiger partial charge in [-0.3, -0.25) is 4.98 Å². The van der Waals surface area contributed by atoms with Crippen molar-refractivity contribution in [3.05, 3.63) is 83.3 Å². The number of benzene rings is 3. The standard InChI is InChI=1S/C26H20ClN3O2S/c1-31-23-12-11-18(13-24(23)32-2)29-25-19-5-3-4-6-21(19)28-14-20(25)26-30-22(15-33-26)16-7-9-17(27)10-8-16/h3-15H,1-2H3,(H,28,29). The summed E-state index contributed by atoms with van der Waals surface area (Å²) in [5.74, 6) is 1.33. The minimum Gasteiger partial charge on any atom is -0.493 e. The highest BCUT2D eigenvalue weighted by Gasteiger charge is 2.16. The topological polar surface area (TPSA) is 56.3 Å². The number of methoxy groups -OCH3 is 2. The monoisotopic (exact) mass is 473 g/mol. The maximum atomic E-state index is 6.04. The van der Waals surface area contributed by atoms with Crippen LogP contribution in [0.1, 0.15) is 0 Å². The van der Waals surface area contributed by atoms with Crippen LogP contribution in [-0.4, -0.2) is 24.2 Å². The molecule has 0 saturated heterocycles. The Bertz CT molecular complexity index is 1430. The number of hydrogen-bond acceptors (Lipinski definition) is 6. The number of anilines is 2. The number of ether oxygens (including phenoxy) is 2. The van der Waals surface area contributed by atoms with Crippen LogP contribution in [0.4, 0.5) is 11.4 Å². The lowest BCUT2D eigenvalue weighted by atomic mass is 10.1. The highest BCUT2D eigenvalue weighted by Crippen LogP contribution is 2.39. The van der Waals surface area contributed by atoms with E-state index in [1.54, 1.807) is 25.6 Å². The van der Waals surface area contributed by atoms with Crippen LogP contribution in [-0.2, 0) is 0 Å². The van der Waals surface area contributed by atoms with Crippen molar-refractivity contribution in [2.75, 3.05) is 19.5 Å². The van der Waals surface area contributed by atoms with Gasteiger partial charge in [0.1, 0.15) is 5.01 Å². The van der Waals surface area contributed by atoms with E-state index >= 15 is 0 Å². The molecule has 164 valence electrons. The Morgan fingerprint density at radius 3 is 2.48 bits per heavy atom. The fourth-order valence-corrected chi connectivity index (χ4v) is 4.62. The van der Waals surface area contributed by atoms with E-state index in [0.29, 0.717) is 16.5 Å². The summed E-state index contributed by atoms with van der Waals surface area (Å²) >= 11 is 7.62. The van der Waals surface area contributed by atoms with Gasteiger partial charge in [0.25, 0.3) is 0 Å². The molecule has 2 heterocycles. The van der Waals surface area contributed by atoms with Gasteiger partial charge >= 0.3 is 0 Å². The summed E-state index contributed by atoms with van der Waals surface area (Å²) < 4.78 is 10.9. The summed E-state index contributed by atoms with van der Waals surface area (Å²) in [6.45, 7) is 0. The Balaban J connectivity index is 1.61. The van der Waals surface area contributed by atoms with Crippen LogP contribution in [0.25, 0.3) is 32.7 Å². The predicted octanol–water partition coefficient (Wildman–Crippen LogP) is 7.44. The Labute approximate surface area is 200 Å². The van der Waals surface area contributed by atoms with E-state index in [4.69, 9.17) is 26.1 Å². The van der Waals surface area contributed by atoms with Crippen LogP contribution in [0, 0.1) is 0 Å². The second kappa shape index (κ2) is 9.10. The van der Waals surface area contributed by atoms with E-state index in [0.717, 1.165) is 44.1 Å². The first-order chi connectivity index (χ1) is 16.2. The van der Waals surface area contributed by atoms with Crippen molar-refractivity contribution in [2.45, 2.75) is 0 Å². The second-order valence-electron chi connectivity index (χ2n) is 7.30. The molecule has 0 radical (unpaired) electrons. The molecule has 0 aliphatic heterocycles. The van der Waals surface area contributed by atoms with Gasteiger partial charge in [-0.05, 0) is 30.3 Å². The van der Waals surface area contributed by atoms with Gasteiger partial charge in [0, 0.05) is 39.3 Å². The van der Waals surface area contributed by atoms with E-state index in [1.807, 2.05) is 72.2 Å². The van der Waals surface area contributed by atoms with Crippen molar-refractivity contribution in [1.29, 1.82) is 0 Å². The Morgan fingerprint density at radius 1 is 0.909 bits per heavy atom. The molecule has 5 nitrogen and oxygen atoms in total. The number of thiazole rings is 1. The minimum absolute atomic E-state index is 0.654. The van der Waals surface area contributed by atoms with Crippen molar-refractivity contribution >= 4 is 45.2 Å². The molecule has 1 N–H and O–H groups in total. The molecule has 0 spiro atoms. The lowest BCUT2D eigenvalue weighted by molar-refractivity contribution is 0.355. The first-order valence-electron chi connectivity index (χ1n) is 10.2. The largest absolute Gasteiger partial charge is 0.493 e. The van der Waals surface area contributed by atoms with Crippen molar-refractivity contribution in [2.24, 2.45) is 0 Å². The second-order valence-corrected chi connectivity index (χ2v) is 8.60. The summed E-state index contributed by atoms with van der Waals surface area (Å²) in [5, 5.41) is 8.21. The molecule has 0 amide bonds. The molecule has 0 bridgehead atoms. The average Bonchev–Trinajstić information content (AvgIpc) is 3.34. The van der Waals surface area contributed by atoms with E-state index < -0.39 is 0 Å². The summed E-state index contributed by atoms with van der Waals surface area (Å²) in [5.41, 5.74) is 5.55. The number of hydrogen-bond donors (Lipinski definition) is 1. The molecule has 0 aliphatic rings. The van der Waals surface area contributed by atoms with Crippen molar-refractivity contribution in [3.8, 4) is 33.3 Å². The van der Waals surface area contributed by atoms with Crippen LogP contribution in [0.3, 0.4) is 0 Å². The summed E-state index contributed by atoms with van der Waals surface area (Å²) in [4.78, 5) is 9.58. The quantitative estimate of drug-likeness (QED) is 0.277. The highest BCUT2D eigenvalue weighted by molar-refractivity contribution is 7.13. The molecule has 0 atom stereocenters. The van der Waals surface area contributed by atoms with Crippen molar-refractivity contribution < 1.29 is 9.47 Å². The normalized spacial score (nSPS) is 10.9. The Morgan fingerprint density at radius 2 is 1.70 bits per heavy atom. The molecule has 5 aromatic rings. The fourth-order valence-electron chi connectivity index (χ4n) is 3.65. The summed E-state index contributed by atoms with van der Waals surface area (Å²) in [6.07, 6.45) is 1.87. The predicted molar refractivity (Wildman–Crippen MR) is 136 cm³/mol. The van der Waals surface area contributed by atoms with Gasteiger partial charge < -0.3 is 14.8 Å². The van der Waals surface area contributed by atoms with Gasteiger partial charge in [-0.2, -0.15) is 0 Å². The zero-order valence-corrected chi connectivity index (χ0v) is 19.6. The average molecular weight is 474 g/mol. The smallest absolute Gasteiger partial charge is 0.162 e. The molecule has 33 heavy (non-hydrogen) atoms. The number of halogens is 1. The van der Waals surface area contributed by atoms with Gasteiger partial charge in [-0.15, -0.1) is 11.3 Å². The lowest BCUT2D eigenvalue weighted by Crippen LogP contribution is -1.98. The number of nitrogens with one attached hydrogen (secondary N) is 1. The van der Waals surface area contributed by atoms with E-state index in [-0.39, 0.29) is 0 Å². The number of aromatic nitrogens is 2. The van der Waals surface area contributed by atoms with Gasteiger partial charge in [0.15, 0.2) is 11.5 Å². The Kier molecular flexibility index (Phi) is 5.86. The third-order valence-corrected chi connectivity index (χ3v) is 6.43. The third-order valence-electron chi connectivity index (χ3n) is 5.30. The molecule has 0 unspecified atom stereocenters. The summed E-state index contributed by atoms with van der Waals surface area (Å²) in [7, 11) is 3.25. The molecule has 2 aromatic heterocycles. The molecule has 7 heteroatoms. The van der Waals surface area contributed by atoms with Crippen molar-refractivity contribution in [1.82, 2.24) is 9.97 Å². The van der Waals surface area contributed by atoms with E-state index in [1.165, 1.54) is 0 Å².